The Kier molecular flexibility index (Phi) is 4.38. The Morgan fingerprint density at radius 3 is 2.52 bits per heavy atom. The smallest absolute Gasteiger partial charge is 0.364 e. The molecule has 0 aliphatic heterocycles. The maximum absolute atomic E-state index is 13.8. The van der Waals surface area contributed by atoms with Gasteiger partial charge in [-0.25, -0.2) is 4.98 Å². The van der Waals surface area contributed by atoms with E-state index in [0.717, 1.165) is 36.7 Å². The van der Waals surface area contributed by atoms with Gasteiger partial charge in [-0.05, 0) is 99.3 Å². The first-order chi connectivity index (χ1) is 15.5. The van der Waals surface area contributed by atoms with Gasteiger partial charge in [-0.3, -0.25) is 0 Å². The van der Waals surface area contributed by atoms with Gasteiger partial charge in [-0.1, -0.05) is 0 Å². The minimum absolute atomic E-state index is 0.113. The van der Waals surface area contributed by atoms with E-state index in [-0.39, 0.29) is 17.3 Å². The van der Waals surface area contributed by atoms with Crippen molar-refractivity contribution in [2.75, 3.05) is 24.0 Å². The van der Waals surface area contributed by atoms with Crippen molar-refractivity contribution in [2.24, 2.45) is 23.2 Å². The second-order valence-corrected chi connectivity index (χ2v) is 14.4. The molecule has 4 aliphatic carbocycles. The van der Waals surface area contributed by atoms with Crippen LogP contribution in [0, 0.1) is 23.2 Å². The highest BCUT2D eigenvalue weighted by molar-refractivity contribution is 7.70. The maximum atomic E-state index is 13.8. The van der Waals surface area contributed by atoms with Crippen molar-refractivity contribution in [3.63, 3.8) is 0 Å². The third-order valence-corrected chi connectivity index (χ3v) is 10.2. The summed E-state index contributed by atoms with van der Waals surface area (Å²) < 4.78 is 53.7. The molecule has 4 saturated carbocycles. The van der Waals surface area contributed by atoms with Crippen LogP contribution < -0.4 is 15.9 Å². The summed E-state index contributed by atoms with van der Waals surface area (Å²) in [7, 11) is -2.38. The van der Waals surface area contributed by atoms with Gasteiger partial charge in [-0.2, -0.15) is 18.2 Å². The fourth-order valence-corrected chi connectivity index (χ4v) is 8.40. The molecule has 1 spiro atoms. The Balaban J connectivity index is 1.30. The topological polar surface area (TPSA) is 66.9 Å². The molecule has 2 aromatic rings. The van der Waals surface area contributed by atoms with Gasteiger partial charge < -0.3 is 15.2 Å². The third-order valence-electron chi connectivity index (χ3n) is 8.69. The highest BCUT2D eigenvalue weighted by Crippen LogP contribution is 2.76. The first-order valence-electron chi connectivity index (χ1n) is 11.6. The van der Waals surface area contributed by atoms with Gasteiger partial charge in [0.15, 0.2) is 0 Å². The largest absolute Gasteiger partial charge is 0.421 e. The van der Waals surface area contributed by atoms with E-state index in [1.165, 1.54) is 19.3 Å². The lowest BCUT2D eigenvalue weighted by Gasteiger charge is -2.49. The van der Waals surface area contributed by atoms with Crippen LogP contribution in [0.2, 0.25) is 0 Å². The van der Waals surface area contributed by atoms with Crippen molar-refractivity contribution in [1.29, 1.82) is 0 Å². The Morgan fingerprint density at radius 2 is 1.82 bits per heavy atom. The molecule has 0 amide bonds. The number of aromatic nitrogens is 2. The molecule has 6 rings (SSSR count). The second kappa shape index (κ2) is 6.74. The summed E-state index contributed by atoms with van der Waals surface area (Å²) in [6.45, 7) is 3.39. The van der Waals surface area contributed by atoms with E-state index in [1.807, 2.05) is 0 Å². The first-order valence-corrected chi connectivity index (χ1v) is 14.2. The van der Waals surface area contributed by atoms with E-state index < -0.39 is 18.9 Å². The predicted octanol–water partition coefficient (Wildman–Crippen LogP) is 5.87. The molecule has 5 atom stereocenters. The molecular weight excluding hydrogens is 448 g/mol. The number of fused-ring (bicyclic) bond motifs is 2. The Morgan fingerprint density at radius 1 is 1.06 bits per heavy atom. The second-order valence-electron chi connectivity index (χ2n) is 11.1. The lowest BCUT2D eigenvalue weighted by atomic mass is 9.56. The summed E-state index contributed by atoms with van der Waals surface area (Å²) in [6.07, 6.45) is 2.91. The number of halogens is 3. The van der Waals surface area contributed by atoms with Crippen molar-refractivity contribution < 1.29 is 17.7 Å². The fourth-order valence-electron chi connectivity index (χ4n) is 7.53. The molecule has 3 bridgehead atoms. The van der Waals surface area contributed by atoms with E-state index >= 15 is 0 Å². The lowest BCUT2D eigenvalue weighted by Crippen LogP contribution is -2.44. The third kappa shape index (κ3) is 3.39. The zero-order chi connectivity index (χ0) is 23.2. The van der Waals surface area contributed by atoms with Gasteiger partial charge in [0.25, 0.3) is 0 Å². The van der Waals surface area contributed by atoms with Crippen molar-refractivity contribution in [3.8, 4) is 0 Å². The van der Waals surface area contributed by atoms with Gasteiger partial charge in [0, 0.05) is 22.7 Å². The van der Waals surface area contributed by atoms with E-state index in [9.17, 15) is 17.7 Å². The number of nitrogens with one attached hydrogen (secondary N) is 2. The normalized spacial score (nSPS) is 34.2. The fraction of sp³-hybridized carbons (Fsp3) is 0.583. The van der Waals surface area contributed by atoms with Crippen molar-refractivity contribution in [3.05, 3.63) is 36.0 Å². The average Bonchev–Trinajstić information content (AvgIpc) is 3.02. The molecular formula is C24H28F3N4OP. The standard InChI is InChI=1S/C24H28F3N4OP/c1-33(2,32)18-5-3-17(4-6-18)29-21-28-12-19(24(25,26)27)20(30-21)31-22-9-14-7-15-8-16(11-22)23(15,10-14)13-22/h3-6,12,14-16H,7-11,13H2,1-2H3,(H2,28,29,30,31). The van der Waals surface area contributed by atoms with Crippen LogP contribution in [0.3, 0.4) is 0 Å². The van der Waals surface area contributed by atoms with Crippen molar-refractivity contribution in [2.45, 2.75) is 50.2 Å². The van der Waals surface area contributed by atoms with Crippen molar-refractivity contribution >= 4 is 29.9 Å². The zero-order valence-electron chi connectivity index (χ0n) is 18.7. The van der Waals surface area contributed by atoms with Crippen LogP contribution in [-0.2, 0) is 10.7 Å². The molecule has 5 nitrogen and oxygen atoms in total. The molecule has 0 saturated heterocycles. The minimum atomic E-state index is -4.53. The minimum Gasteiger partial charge on any atom is -0.364 e. The molecule has 1 heterocycles. The van der Waals surface area contributed by atoms with Gasteiger partial charge in [0.2, 0.25) is 5.95 Å². The van der Waals surface area contributed by atoms with Crippen LogP contribution in [0.5, 0.6) is 0 Å². The first kappa shape index (κ1) is 21.5. The highest BCUT2D eigenvalue weighted by atomic mass is 31.2. The lowest BCUT2D eigenvalue weighted by molar-refractivity contribution is -0.137. The number of rotatable bonds is 5. The molecule has 176 valence electrons. The molecule has 9 heteroatoms. The molecule has 1 aromatic carbocycles. The van der Waals surface area contributed by atoms with Gasteiger partial charge >= 0.3 is 6.18 Å². The Bertz CT molecular complexity index is 1160. The van der Waals surface area contributed by atoms with Crippen molar-refractivity contribution in [1.82, 2.24) is 9.97 Å². The van der Waals surface area contributed by atoms with Crippen LogP contribution in [0.15, 0.2) is 30.5 Å². The predicted molar refractivity (Wildman–Crippen MR) is 123 cm³/mol. The maximum Gasteiger partial charge on any atom is 0.421 e. The summed E-state index contributed by atoms with van der Waals surface area (Å²) >= 11 is 0. The summed E-state index contributed by atoms with van der Waals surface area (Å²) in [4.78, 5) is 8.26. The molecule has 1 aromatic heterocycles. The molecule has 33 heavy (non-hydrogen) atoms. The summed E-state index contributed by atoms with van der Waals surface area (Å²) in [5.74, 6) is 2.01. The molecule has 4 fully saturated rings. The number of anilines is 3. The quantitative estimate of drug-likeness (QED) is 0.529. The summed E-state index contributed by atoms with van der Waals surface area (Å²) in [5, 5.41) is 7.07. The number of nitrogens with zero attached hydrogens (tertiary/aromatic N) is 2. The van der Waals surface area contributed by atoms with Gasteiger partial charge in [0.05, 0.1) is 0 Å². The SMILES string of the molecule is CP(C)(=O)c1ccc(Nc2ncc(C(F)(F)F)c(NC34CC5CC6CC(C3)C6(C5)C4)n2)cc1. The zero-order valence-corrected chi connectivity index (χ0v) is 19.6. The van der Waals surface area contributed by atoms with Crippen LogP contribution >= 0.6 is 7.14 Å². The number of hydrogen-bond acceptors (Lipinski definition) is 5. The Labute approximate surface area is 191 Å². The van der Waals surface area contributed by atoms with Crippen LogP contribution in [0.1, 0.15) is 44.1 Å². The van der Waals surface area contributed by atoms with Gasteiger partial charge in [0.1, 0.15) is 18.5 Å². The number of alkyl halides is 3. The van der Waals surface area contributed by atoms with E-state index in [0.29, 0.717) is 22.9 Å². The van der Waals surface area contributed by atoms with E-state index in [2.05, 4.69) is 20.6 Å². The van der Waals surface area contributed by atoms with Crippen LogP contribution in [0.25, 0.3) is 0 Å². The van der Waals surface area contributed by atoms with Crippen LogP contribution in [0.4, 0.5) is 30.6 Å². The molecule has 2 N–H and O–H groups in total. The van der Waals surface area contributed by atoms with E-state index in [1.54, 1.807) is 37.6 Å². The number of benzene rings is 1. The molecule has 5 unspecified atom stereocenters. The summed E-state index contributed by atoms with van der Waals surface area (Å²) in [5.41, 5.74) is -0.119. The highest BCUT2D eigenvalue weighted by Gasteiger charge is 2.71. The van der Waals surface area contributed by atoms with Gasteiger partial charge in [-0.15, -0.1) is 0 Å². The van der Waals surface area contributed by atoms with E-state index in [4.69, 9.17) is 0 Å². The number of hydrogen-bond donors (Lipinski definition) is 2. The Hall–Kier alpha value is -2.08. The monoisotopic (exact) mass is 476 g/mol. The summed E-state index contributed by atoms with van der Waals surface area (Å²) in [6, 6.07) is 7.00. The molecule has 4 aliphatic rings. The average molecular weight is 476 g/mol. The van der Waals surface area contributed by atoms with Crippen LogP contribution in [-0.4, -0.2) is 28.8 Å². The molecule has 0 radical (unpaired) electrons.